The highest BCUT2D eigenvalue weighted by Gasteiger charge is 2.46. The summed E-state index contributed by atoms with van der Waals surface area (Å²) in [6.45, 7) is 0. The van der Waals surface area contributed by atoms with Crippen LogP contribution in [0.5, 0.6) is 0 Å². The average molecular weight is 345 g/mol. The molecule has 1 aromatic carbocycles. The molecule has 0 amide bonds. The van der Waals surface area contributed by atoms with Crippen molar-refractivity contribution in [3.63, 3.8) is 0 Å². The second kappa shape index (κ2) is 5.45. The molecule has 0 saturated carbocycles. The number of benzene rings is 1. The third-order valence-electron chi connectivity index (χ3n) is 3.67. The molecule has 0 bridgehead atoms. The van der Waals surface area contributed by atoms with Crippen molar-refractivity contribution in [3.05, 3.63) is 46.6 Å². The van der Waals surface area contributed by atoms with E-state index in [0.717, 1.165) is 6.07 Å². The van der Waals surface area contributed by atoms with Crippen LogP contribution in [0.25, 0.3) is 0 Å². The molecule has 3 rings (SSSR count). The first-order chi connectivity index (χ1) is 10.8. The number of rotatable bonds is 2. The van der Waals surface area contributed by atoms with E-state index < -0.39 is 29.9 Å². The van der Waals surface area contributed by atoms with Crippen molar-refractivity contribution >= 4 is 23.4 Å². The lowest BCUT2D eigenvalue weighted by Crippen LogP contribution is -2.35. The van der Waals surface area contributed by atoms with Gasteiger partial charge in [0.15, 0.2) is 6.04 Å². The number of carboxylic acids is 1. The summed E-state index contributed by atoms with van der Waals surface area (Å²) in [5.41, 5.74) is 0.0737. The Balaban J connectivity index is 2.01. The summed E-state index contributed by atoms with van der Waals surface area (Å²) in [7, 11) is 0. The van der Waals surface area contributed by atoms with Gasteiger partial charge in [-0.15, -0.1) is 0 Å². The molecule has 5 nitrogen and oxygen atoms in total. The highest BCUT2D eigenvalue weighted by Crippen LogP contribution is 2.43. The van der Waals surface area contributed by atoms with Crippen molar-refractivity contribution in [2.45, 2.75) is 24.7 Å². The second-order valence-corrected chi connectivity index (χ2v) is 5.62. The fraction of sp³-hybridized carbons (Fsp3) is 0.286. The van der Waals surface area contributed by atoms with Crippen LogP contribution < -0.4 is 10.4 Å². The molecule has 23 heavy (non-hydrogen) atoms. The lowest BCUT2D eigenvalue weighted by atomic mass is 9.97. The van der Waals surface area contributed by atoms with Crippen LogP contribution in [0.2, 0.25) is 5.02 Å². The number of nitrogens with one attached hydrogen (secondary N) is 1. The molecular weight excluding hydrogens is 335 g/mol. The number of carbonyl (C=O) groups excluding carboxylic acids is 1. The molecule has 2 aromatic rings. The number of alkyl halides is 3. The van der Waals surface area contributed by atoms with E-state index in [1.807, 2.05) is 0 Å². The summed E-state index contributed by atoms with van der Waals surface area (Å²) >= 11 is 5.78. The average Bonchev–Trinajstić information content (AvgIpc) is 2.90. The van der Waals surface area contributed by atoms with Crippen LogP contribution in [0.3, 0.4) is 0 Å². The van der Waals surface area contributed by atoms with Crippen molar-refractivity contribution in [1.82, 2.24) is 9.78 Å². The fourth-order valence-corrected chi connectivity index (χ4v) is 2.71. The van der Waals surface area contributed by atoms with E-state index >= 15 is 0 Å². The molecule has 2 heterocycles. The quantitative estimate of drug-likeness (QED) is 0.909. The third-order valence-corrected chi connectivity index (χ3v) is 3.92. The summed E-state index contributed by atoms with van der Waals surface area (Å²) in [5, 5.41) is 17.7. The standard InChI is InChI=1S/C14H11ClF3N3O2/c15-8-3-1-7(2-4-8)9-5-11(14(16,17)18)21-12(19-9)6-10(20-21)13(22)23/h1-4,6,9,11,19H,5H2,(H,22,23)/p-1/t9-,11+/m1/s1. The molecule has 0 radical (unpaired) electrons. The minimum absolute atomic E-state index is 0.0160. The molecule has 1 aliphatic heterocycles. The first-order valence-corrected chi connectivity index (χ1v) is 7.03. The second-order valence-electron chi connectivity index (χ2n) is 5.19. The maximum Gasteiger partial charge on any atom is 0.410 e. The summed E-state index contributed by atoms with van der Waals surface area (Å²) < 4.78 is 40.6. The lowest BCUT2D eigenvalue weighted by Gasteiger charge is -2.33. The number of hydrogen-bond donors (Lipinski definition) is 1. The minimum atomic E-state index is -4.56. The smallest absolute Gasteiger partial charge is 0.410 e. The van der Waals surface area contributed by atoms with Crippen LogP contribution in [0.15, 0.2) is 30.3 Å². The Bertz CT molecular complexity index is 743. The van der Waals surface area contributed by atoms with E-state index in [-0.39, 0.29) is 12.2 Å². The van der Waals surface area contributed by atoms with Crippen LogP contribution in [-0.4, -0.2) is 21.9 Å². The largest absolute Gasteiger partial charge is 0.543 e. The van der Waals surface area contributed by atoms with E-state index in [0.29, 0.717) is 15.3 Å². The SMILES string of the molecule is O=C([O-])c1cc2n(n1)[C@H](C(F)(F)F)C[C@H](c1ccc(Cl)cc1)N2. The summed E-state index contributed by atoms with van der Waals surface area (Å²) in [6.07, 6.45) is -4.87. The maximum atomic E-state index is 13.3. The number of carbonyl (C=O) groups is 1. The van der Waals surface area contributed by atoms with E-state index in [9.17, 15) is 23.1 Å². The summed E-state index contributed by atoms with van der Waals surface area (Å²) in [6, 6.07) is 4.89. The number of fused-ring (bicyclic) bond motifs is 1. The first kappa shape index (κ1) is 15.7. The number of carboxylic acid groups (broad SMARTS) is 1. The highest BCUT2D eigenvalue weighted by atomic mass is 35.5. The molecule has 0 fully saturated rings. The molecule has 2 atom stereocenters. The van der Waals surface area contributed by atoms with Crippen LogP contribution in [0.4, 0.5) is 19.0 Å². The van der Waals surface area contributed by atoms with E-state index in [4.69, 9.17) is 11.6 Å². The summed E-state index contributed by atoms with van der Waals surface area (Å²) in [5.74, 6) is -1.64. The predicted octanol–water partition coefficient (Wildman–Crippen LogP) is 2.56. The fourth-order valence-electron chi connectivity index (χ4n) is 2.59. The van der Waals surface area contributed by atoms with Gasteiger partial charge in [-0.05, 0) is 17.7 Å². The number of nitrogens with zero attached hydrogens (tertiary/aromatic N) is 2. The maximum absolute atomic E-state index is 13.3. The Labute approximate surface area is 133 Å². The van der Waals surface area contributed by atoms with E-state index in [2.05, 4.69) is 10.4 Å². The van der Waals surface area contributed by atoms with E-state index in [1.54, 1.807) is 24.3 Å². The van der Waals surface area contributed by atoms with Crippen molar-refractivity contribution in [1.29, 1.82) is 0 Å². The van der Waals surface area contributed by atoms with Gasteiger partial charge in [0.25, 0.3) is 0 Å². The zero-order chi connectivity index (χ0) is 16.8. The zero-order valence-electron chi connectivity index (χ0n) is 11.5. The van der Waals surface area contributed by atoms with Crippen LogP contribution in [-0.2, 0) is 0 Å². The molecule has 1 aliphatic rings. The Hall–Kier alpha value is -2.22. The Morgan fingerprint density at radius 3 is 2.57 bits per heavy atom. The number of halogens is 4. The van der Waals surface area contributed by atoms with Crippen molar-refractivity contribution in [3.8, 4) is 0 Å². The number of aromatic nitrogens is 2. The molecule has 0 aliphatic carbocycles. The molecular formula is C14H10ClF3N3O2-. The van der Waals surface area contributed by atoms with Gasteiger partial charge < -0.3 is 15.2 Å². The van der Waals surface area contributed by atoms with Gasteiger partial charge in [0, 0.05) is 17.5 Å². The molecule has 0 saturated heterocycles. The van der Waals surface area contributed by atoms with Gasteiger partial charge in [0.2, 0.25) is 0 Å². The molecule has 0 unspecified atom stereocenters. The lowest BCUT2D eigenvalue weighted by molar-refractivity contribution is -0.255. The zero-order valence-corrected chi connectivity index (χ0v) is 12.2. The Morgan fingerprint density at radius 2 is 2.00 bits per heavy atom. The summed E-state index contributed by atoms with van der Waals surface area (Å²) in [4.78, 5) is 10.9. The minimum Gasteiger partial charge on any atom is -0.543 e. The van der Waals surface area contributed by atoms with Gasteiger partial charge in [-0.3, -0.25) is 0 Å². The number of aromatic carboxylic acids is 1. The van der Waals surface area contributed by atoms with Gasteiger partial charge >= 0.3 is 6.18 Å². The predicted molar refractivity (Wildman–Crippen MR) is 74.1 cm³/mol. The van der Waals surface area contributed by atoms with Gasteiger partial charge in [0.1, 0.15) is 11.5 Å². The van der Waals surface area contributed by atoms with Crippen molar-refractivity contribution < 1.29 is 23.1 Å². The van der Waals surface area contributed by atoms with Crippen LogP contribution in [0, 0.1) is 0 Å². The van der Waals surface area contributed by atoms with E-state index in [1.165, 1.54) is 0 Å². The van der Waals surface area contributed by atoms with Crippen molar-refractivity contribution in [2.24, 2.45) is 0 Å². The molecule has 1 aromatic heterocycles. The topological polar surface area (TPSA) is 70.0 Å². The molecule has 9 heteroatoms. The number of anilines is 1. The van der Waals surface area contributed by atoms with Crippen LogP contribution >= 0.6 is 11.6 Å². The molecule has 122 valence electrons. The van der Waals surface area contributed by atoms with Gasteiger partial charge in [-0.25, -0.2) is 4.68 Å². The third kappa shape index (κ3) is 2.98. The number of hydrogen-bond acceptors (Lipinski definition) is 4. The van der Waals surface area contributed by atoms with Gasteiger partial charge in [-0.2, -0.15) is 18.3 Å². The Morgan fingerprint density at radius 1 is 1.35 bits per heavy atom. The highest BCUT2D eigenvalue weighted by molar-refractivity contribution is 6.30. The molecule has 1 N–H and O–H groups in total. The monoisotopic (exact) mass is 344 g/mol. The Kier molecular flexibility index (Phi) is 3.71. The van der Waals surface area contributed by atoms with Gasteiger partial charge in [-0.1, -0.05) is 23.7 Å². The van der Waals surface area contributed by atoms with Crippen LogP contribution in [0.1, 0.15) is 34.6 Å². The normalized spacial score (nSPS) is 20.7. The molecule has 0 spiro atoms. The van der Waals surface area contributed by atoms with Gasteiger partial charge in [0.05, 0.1) is 12.0 Å². The first-order valence-electron chi connectivity index (χ1n) is 6.65. The van der Waals surface area contributed by atoms with Crippen molar-refractivity contribution in [2.75, 3.05) is 5.32 Å².